The molecule has 0 bridgehead atoms. The smallest absolute Gasteiger partial charge is 0.119 e. The van der Waals surface area contributed by atoms with Crippen molar-refractivity contribution in [2.75, 3.05) is 14.2 Å². The van der Waals surface area contributed by atoms with Crippen molar-refractivity contribution >= 4 is 21.5 Å². The highest BCUT2D eigenvalue weighted by Gasteiger charge is 2.32. The summed E-state index contributed by atoms with van der Waals surface area (Å²) >= 11 is 0. The Balaban J connectivity index is 1.42. The second-order valence-electron chi connectivity index (χ2n) is 10.5. The highest BCUT2D eigenvalue weighted by atomic mass is 16.5. The number of ether oxygens (including phenoxy) is 2. The van der Waals surface area contributed by atoms with E-state index in [0.29, 0.717) is 0 Å². The van der Waals surface area contributed by atoms with Gasteiger partial charge in [-0.1, -0.05) is 87.8 Å². The lowest BCUT2D eigenvalue weighted by molar-refractivity contribution is 0.233. The molecule has 0 N–H and O–H groups in total. The van der Waals surface area contributed by atoms with Gasteiger partial charge in [-0.2, -0.15) is 0 Å². The van der Waals surface area contributed by atoms with Crippen molar-refractivity contribution in [3.05, 3.63) is 108 Å². The van der Waals surface area contributed by atoms with E-state index in [2.05, 4.69) is 99.9 Å². The Kier molecular flexibility index (Phi) is 7.95. The van der Waals surface area contributed by atoms with E-state index >= 15 is 0 Å². The molecule has 190 valence electrons. The maximum Gasteiger partial charge on any atom is 0.119 e. The minimum atomic E-state index is -0.109. The third-order valence-electron chi connectivity index (χ3n) is 7.36. The summed E-state index contributed by atoms with van der Waals surface area (Å²) in [4.78, 5) is 0. The third kappa shape index (κ3) is 6.29. The van der Waals surface area contributed by atoms with Gasteiger partial charge in [-0.25, -0.2) is 0 Å². The van der Waals surface area contributed by atoms with Gasteiger partial charge < -0.3 is 9.47 Å². The predicted octanol–water partition coefficient (Wildman–Crippen LogP) is 8.58. The summed E-state index contributed by atoms with van der Waals surface area (Å²) in [5, 5.41) is 4.59. The van der Waals surface area contributed by atoms with E-state index in [1.807, 2.05) is 48.6 Å². The molecular weight excluding hydrogens is 464 g/mol. The molecule has 0 radical (unpaired) electrons. The topological polar surface area (TPSA) is 18.5 Å². The van der Waals surface area contributed by atoms with E-state index in [1.165, 1.54) is 0 Å². The number of hydrogen-bond donors (Lipinski definition) is 0. The van der Waals surface area contributed by atoms with Crippen molar-refractivity contribution in [2.45, 2.75) is 27.7 Å². The second kappa shape index (κ2) is 11.3. The third-order valence-corrected chi connectivity index (χ3v) is 7.36. The van der Waals surface area contributed by atoms with Gasteiger partial charge in [-0.15, -0.1) is 0 Å². The molecule has 0 aliphatic rings. The van der Waals surface area contributed by atoms with Crippen molar-refractivity contribution in [3.63, 3.8) is 0 Å². The van der Waals surface area contributed by atoms with Crippen molar-refractivity contribution in [3.8, 4) is 35.2 Å². The van der Waals surface area contributed by atoms with Gasteiger partial charge in [0.25, 0.3) is 0 Å². The monoisotopic (exact) mass is 498 g/mol. The first kappa shape index (κ1) is 26.7. The van der Waals surface area contributed by atoms with E-state index in [-0.39, 0.29) is 10.8 Å². The van der Waals surface area contributed by atoms with Crippen molar-refractivity contribution in [1.82, 2.24) is 0 Å². The molecular formula is C36H34O2. The Hall–Kier alpha value is -4.40. The highest BCUT2D eigenvalue weighted by molar-refractivity contribution is 5.86. The van der Waals surface area contributed by atoms with Gasteiger partial charge in [-0.3, -0.25) is 0 Å². The van der Waals surface area contributed by atoms with Gasteiger partial charge in [0.2, 0.25) is 0 Å². The minimum Gasteiger partial charge on any atom is -0.497 e. The first-order chi connectivity index (χ1) is 18.2. The van der Waals surface area contributed by atoms with Gasteiger partial charge in [0, 0.05) is 11.1 Å². The number of rotatable bonds is 5. The lowest BCUT2D eigenvalue weighted by Crippen LogP contribution is -2.28. The Labute approximate surface area is 227 Å². The predicted molar refractivity (Wildman–Crippen MR) is 161 cm³/mol. The number of methoxy groups -OCH3 is 2. The van der Waals surface area contributed by atoms with Gasteiger partial charge in [0.05, 0.1) is 14.2 Å². The lowest BCUT2D eigenvalue weighted by Gasteiger charge is -2.36. The quantitative estimate of drug-likeness (QED) is 0.257. The van der Waals surface area contributed by atoms with Crippen LogP contribution in [-0.4, -0.2) is 14.2 Å². The number of fused-ring (bicyclic) bond motifs is 2. The molecule has 2 nitrogen and oxygen atoms in total. The fourth-order valence-corrected chi connectivity index (χ4v) is 4.04. The fraction of sp³-hybridized carbons (Fsp3) is 0.222. The highest BCUT2D eigenvalue weighted by Crippen LogP contribution is 2.40. The zero-order valence-corrected chi connectivity index (χ0v) is 23.1. The molecule has 4 aromatic rings. The molecule has 0 saturated heterocycles. The van der Waals surface area contributed by atoms with E-state index in [9.17, 15) is 0 Å². The number of benzene rings is 4. The van der Waals surface area contributed by atoms with Crippen LogP contribution < -0.4 is 9.47 Å². The van der Waals surface area contributed by atoms with Crippen LogP contribution in [0.3, 0.4) is 0 Å². The van der Waals surface area contributed by atoms with Gasteiger partial charge in [0.15, 0.2) is 0 Å². The van der Waals surface area contributed by atoms with Gasteiger partial charge >= 0.3 is 0 Å². The standard InChI is InChI=1S/C36H34O2/c1-35(2,21-9-7-11-27-13-15-31-25-33(37-5)19-17-29(31)23-27)36(3,4)22-10-8-12-28-14-16-32-26-34(38-6)20-18-30(32)24-28/h9-10,13-26H,1-6H3/b21-9+,22-10+. The molecule has 0 unspecified atom stereocenters. The Morgan fingerprint density at radius 2 is 0.895 bits per heavy atom. The summed E-state index contributed by atoms with van der Waals surface area (Å²) in [5.74, 6) is 14.7. The van der Waals surface area contributed by atoms with E-state index in [1.54, 1.807) is 14.2 Å². The van der Waals surface area contributed by atoms with Crippen LogP contribution in [0, 0.1) is 34.5 Å². The average Bonchev–Trinajstić information content (AvgIpc) is 2.92. The van der Waals surface area contributed by atoms with E-state index in [0.717, 1.165) is 44.2 Å². The van der Waals surface area contributed by atoms with Crippen LogP contribution in [0.15, 0.2) is 97.1 Å². The first-order valence-electron chi connectivity index (χ1n) is 12.7. The fourth-order valence-electron chi connectivity index (χ4n) is 4.04. The number of allylic oxidation sites excluding steroid dienone is 4. The summed E-state index contributed by atoms with van der Waals surface area (Å²) in [6, 6.07) is 24.6. The Bertz CT molecular complexity index is 1520. The molecule has 0 heterocycles. The van der Waals surface area contributed by atoms with Crippen molar-refractivity contribution < 1.29 is 9.47 Å². The molecule has 2 heteroatoms. The Morgan fingerprint density at radius 1 is 0.526 bits per heavy atom. The Morgan fingerprint density at radius 3 is 1.29 bits per heavy atom. The largest absolute Gasteiger partial charge is 0.497 e. The van der Waals surface area contributed by atoms with Gasteiger partial charge in [-0.05, 0) is 93.1 Å². The van der Waals surface area contributed by atoms with Crippen LogP contribution in [0.5, 0.6) is 11.5 Å². The molecule has 4 rings (SSSR count). The molecule has 0 fully saturated rings. The average molecular weight is 499 g/mol. The summed E-state index contributed by atoms with van der Waals surface area (Å²) < 4.78 is 10.6. The molecule has 38 heavy (non-hydrogen) atoms. The van der Waals surface area contributed by atoms with Crippen molar-refractivity contribution in [1.29, 1.82) is 0 Å². The summed E-state index contributed by atoms with van der Waals surface area (Å²) in [6.45, 7) is 8.90. The second-order valence-corrected chi connectivity index (χ2v) is 10.5. The molecule has 0 spiro atoms. The van der Waals surface area contributed by atoms with E-state index < -0.39 is 0 Å². The SMILES string of the molecule is COc1ccc2cc(C#C/C=C/C(C)(C)C(C)(C)/C=C/C#Cc3ccc4cc(OC)ccc4c3)ccc2c1. The molecule has 0 aliphatic carbocycles. The van der Waals surface area contributed by atoms with Crippen molar-refractivity contribution in [2.24, 2.45) is 10.8 Å². The van der Waals surface area contributed by atoms with E-state index in [4.69, 9.17) is 9.47 Å². The molecule has 4 aromatic carbocycles. The summed E-state index contributed by atoms with van der Waals surface area (Å²) in [5.41, 5.74) is 1.77. The first-order valence-corrected chi connectivity index (χ1v) is 12.7. The molecule has 0 aliphatic heterocycles. The lowest BCUT2D eigenvalue weighted by atomic mass is 9.67. The normalized spacial score (nSPS) is 11.8. The molecule has 0 aromatic heterocycles. The van der Waals surface area contributed by atoms with Crippen LogP contribution in [0.1, 0.15) is 38.8 Å². The zero-order chi connectivity index (χ0) is 27.2. The summed E-state index contributed by atoms with van der Waals surface area (Å²) in [7, 11) is 3.37. The number of hydrogen-bond acceptors (Lipinski definition) is 2. The maximum atomic E-state index is 5.31. The minimum absolute atomic E-state index is 0.109. The van der Waals surface area contributed by atoms with Crippen LogP contribution in [0.2, 0.25) is 0 Å². The molecule has 0 atom stereocenters. The zero-order valence-electron chi connectivity index (χ0n) is 23.1. The summed E-state index contributed by atoms with van der Waals surface area (Å²) in [6.07, 6.45) is 8.29. The molecule has 0 amide bonds. The van der Waals surface area contributed by atoms with Crippen LogP contribution >= 0.6 is 0 Å². The van der Waals surface area contributed by atoms with Gasteiger partial charge in [0.1, 0.15) is 11.5 Å². The van der Waals surface area contributed by atoms with Crippen LogP contribution in [0.4, 0.5) is 0 Å². The van der Waals surface area contributed by atoms with Crippen LogP contribution in [0.25, 0.3) is 21.5 Å². The van der Waals surface area contributed by atoms with Crippen LogP contribution in [-0.2, 0) is 0 Å². The maximum absolute atomic E-state index is 5.31. The molecule has 0 saturated carbocycles.